The second kappa shape index (κ2) is 9.32. The number of ether oxygens (including phenoxy) is 3. The van der Waals surface area contributed by atoms with Crippen LogP contribution in [0.3, 0.4) is 0 Å². The fourth-order valence-corrected chi connectivity index (χ4v) is 3.05. The van der Waals surface area contributed by atoms with Crippen LogP contribution in [0.2, 0.25) is 0 Å². The summed E-state index contributed by atoms with van der Waals surface area (Å²) < 4.78 is 15.7. The number of carbonyl (C=O) groups excluding carboxylic acids is 1. The molecule has 7 heteroatoms. The summed E-state index contributed by atoms with van der Waals surface area (Å²) in [6.07, 6.45) is 3.16. The number of aromatic nitrogens is 2. The molecule has 1 aromatic heterocycles. The van der Waals surface area contributed by atoms with Gasteiger partial charge in [-0.2, -0.15) is 9.97 Å². The van der Waals surface area contributed by atoms with Crippen molar-refractivity contribution in [1.82, 2.24) is 15.3 Å². The summed E-state index contributed by atoms with van der Waals surface area (Å²) >= 11 is 0. The van der Waals surface area contributed by atoms with Gasteiger partial charge < -0.3 is 19.5 Å². The van der Waals surface area contributed by atoms with Crippen molar-refractivity contribution in [2.45, 2.75) is 19.3 Å². The van der Waals surface area contributed by atoms with Crippen LogP contribution in [0.25, 0.3) is 11.4 Å². The van der Waals surface area contributed by atoms with Crippen molar-refractivity contribution in [3.05, 3.63) is 35.9 Å². The highest BCUT2D eigenvalue weighted by molar-refractivity contribution is 5.95. The second-order valence-corrected chi connectivity index (χ2v) is 6.48. The maximum atomic E-state index is 12.4. The number of carbonyl (C=O) groups is 1. The molecule has 2 heterocycles. The van der Waals surface area contributed by atoms with E-state index in [1.54, 1.807) is 18.2 Å². The number of nitrogens with one attached hydrogen (secondary N) is 1. The van der Waals surface area contributed by atoms with Crippen molar-refractivity contribution in [3.8, 4) is 23.1 Å². The van der Waals surface area contributed by atoms with Gasteiger partial charge in [-0.05, 0) is 37.3 Å². The van der Waals surface area contributed by atoms with E-state index in [-0.39, 0.29) is 5.91 Å². The zero-order chi connectivity index (χ0) is 19.1. The van der Waals surface area contributed by atoms with Crippen molar-refractivity contribution in [1.29, 1.82) is 0 Å². The Morgan fingerprint density at radius 1 is 1.22 bits per heavy atom. The van der Waals surface area contributed by atoms with Gasteiger partial charge in [0.2, 0.25) is 11.8 Å². The number of nitrogens with zero attached hydrogens (tertiary/aromatic N) is 2. The van der Waals surface area contributed by atoms with Gasteiger partial charge in [0.1, 0.15) is 0 Å². The lowest BCUT2D eigenvalue weighted by atomic mass is 10.0. The van der Waals surface area contributed by atoms with Gasteiger partial charge in [0.05, 0.1) is 20.3 Å². The predicted molar refractivity (Wildman–Crippen MR) is 101 cm³/mol. The van der Waals surface area contributed by atoms with Crippen LogP contribution in [0.1, 0.15) is 29.6 Å². The van der Waals surface area contributed by atoms with Gasteiger partial charge in [0.25, 0.3) is 5.91 Å². The topological polar surface area (TPSA) is 82.6 Å². The molecule has 1 saturated heterocycles. The number of rotatable bonds is 8. The molecule has 2 aromatic rings. The van der Waals surface area contributed by atoms with E-state index < -0.39 is 0 Å². The van der Waals surface area contributed by atoms with Gasteiger partial charge >= 0.3 is 0 Å². The van der Waals surface area contributed by atoms with Crippen LogP contribution < -0.4 is 14.8 Å². The van der Waals surface area contributed by atoms with Crippen LogP contribution in [0.15, 0.2) is 30.3 Å². The number of hydrogen-bond acceptors (Lipinski definition) is 6. The van der Waals surface area contributed by atoms with Crippen LogP contribution in [0, 0.1) is 5.92 Å². The summed E-state index contributed by atoms with van der Waals surface area (Å²) in [7, 11) is 3.07. The molecule has 1 aliphatic rings. The molecule has 27 heavy (non-hydrogen) atoms. The Bertz CT molecular complexity index is 753. The van der Waals surface area contributed by atoms with Gasteiger partial charge in [-0.25, -0.2) is 0 Å². The zero-order valence-electron chi connectivity index (χ0n) is 15.7. The number of methoxy groups -OCH3 is 2. The normalized spacial score (nSPS) is 16.1. The summed E-state index contributed by atoms with van der Waals surface area (Å²) in [6.45, 7) is 2.37. The highest BCUT2D eigenvalue weighted by Gasteiger charge is 2.15. The Balaban J connectivity index is 1.63. The Morgan fingerprint density at radius 2 is 2.00 bits per heavy atom. The zero-order valence-corrected chi connectivity index (χ0v) is 15.7. The van der Waals surface area contributed by atoms with Crippen LogP contribution in [-0.4, -0.2) is 49.9 Å². The van der Waals surface area contributed by atoms with E-state index in [9.17, 15) is 4.79 Å². The molecule has 1 N–H and O–H groups in total. The third kappa shape index (κ3) is 5.17. The Hall–Kier alpha value is -2.67. The lowest BCUT2D eigenvalue weighted by Crippen LogP contribution is -2.24. The molecule has 0 bridgehead atoms. The van der Waals surface area contributed by atoms with Crippen molar-refractivity contribution >= 4 is 5.91 Å². The first-order valence-corrected chi connectivity index (χ1v) is 9.13. The van der Waals surface area contributed by atoms with Crippen molar-refractivity contribution in [3.63, 3.8) is 0 Å². The smallest absolute Gasteiger partial charge is 0.251 e. The first-order chi connectivity index (χ1) is 13.2. The molecule has 0 aliphatic carbocycles. The molecule has 1 aromatic carbocycles. The van der Waals surface area contributed by atoms with Crippen LogP contribution in [0.4, 0.5) is 0 Å². The average molecular weight is 371 g/mol. The monoisotopic (exact) mass is 371 g/mol. The fourth-order valence-electron chi connectivity index (χ4n) is 3.05. The summed E-state index contributed by atoms with van der Waals surface area (Å²) in [4.78, 5) is 21.1. The maximum absolute atomic E-state index is 12.4. The number of hydrogen-bond donors (Lipinski definition) is 1. The Kier molecular flexibility index (Phi) is 6.59. The van der Waals surface area contributed by atoms with E-state index >= 15 is 0 Å². The minimum atomic E-state index is -0.102. The summed E-state index contributed by atoms with van der Waals surface area (Å²) in [5.74, 6) is 1.78. The molecular formula is C20H25N3O4. The van der Waals surface area contributed by atoms with E-state index in [2.05, 4.69) is 15.3 Å². The molecule has 7 nitrogen and oxygen atoms in total. The van der Waals surface area contributed by atoms with Gasteiger partial charge in [-0.15, -0.1) is 0 Å². The molecular weight excluding hydrogens is 346 g/mol. The van der Waals surface area contributed by atoms with E-state index in [4.69, 9.17) is 14.2 Å². The molecule has 1 aliphatic heterocycles. The highest BCUT2D eigenvalue weighted by atomic mass is 16.5. The average Bonchev–Trinajstić information content (AvgIpc) is 3.24. The molecule has 1 atom stereocenters. The summed E-state index contributed by atoms with van der Waals surface area (Å²) in [5, 5.41) is 2.98. The lowest BCUT2D eigenvalue weighted by Gasteiger charge is -2.10. The van der Waals surface area contributed by atoms with E-state index in [1.165, 1.54) is 14.2 Å². The Morgan fingerprint density at radius 3 is 2.67 bits per heavy atom. The van der Waals surface area contributed by atoms with Crippen LogP contribution in [0.5, 0.6) is 11.8 Å². The molecule has 1 fully saturated rings. The Labute approximate surface area is 159 Å². The lowest BCUT2D eigenvalue weighted by molar-refractivity contribution is 0.0952. The molecule has 0 saturated carbocycles. The standard InChI is InChI=1S/C20H25N3O4/c1-25-17-12-18(26-2)23-19(22-17)15-6-3-7-16(11-15)20(24)21-9-4-5-14-8-10-27-13-14/h3,6-7,11-12,14H,4-5,8-10,13H2,1-2H3,(H,21,24)/t14-/m1/s1. The number of benzene rings is 1. The summed E-state index contributed by atoms with van der Waals surface area (Å²) in [5.41, 5.74) is 1.30. The summed E-state index contributed by atoms with van der Waals surface area (Å²) in [6, 6.07) is 8.82. The molecule has 0 radical (unpaired) electrons. The maximum Gasteiger partial charge on any atom is 0.251 e. The molecule has 1 amide bonds. The molecule has 0 unspecified atom stereocenters. The van der Waals surface area contributed by atoms with E-state index in [0.717, 1.165) is 38.0 Å². The number of amides is 1. The third-order valence-corrected chi connectivity index (χ3v) is 4.58. The first kappa shape index (κ1) is 19.1. The van der Waals surface area contributed by atoms with Crippen molar-refractivity contribution in [2.24, 2.45) is 5.92 Å². The minimum Gasteiger partial charge on any atom is -0.481 e. The third-order valence-electron chi connectivity index (χ3n) is 4.58. The first-order valence-electron chi connectivity index (χ1n) is 9.13. The van der Waals surface area contributed by atoms with Gasteiger partial charge in [-0.1, -0.05) is 12.1 Å². The van der Waals surface area contributed by atoms with E-state index in [1.807, 2.05) is 12.1 Å². The quantitative estimate of drug-likeness (QED) is 0.719. The largest absolute Gasteiger partial charge is 0.481 e. The van der Waals surface area contributed by atoms with Gasteiger partial charge in [0, 0.05) is 30.9 Å². The second-order valence-electron chi connectivity index (χ2n) is 6.48. The van der Waals surface area contributed by atoms with Gasteiger partial charge in [-0.3, -0.25) is 4.79 Å². The molecule has 0 spiro atoms. The predicted octanol–water partition coefficient (Wildman–Crippen LogP) is 2.71. The van der Waals surface area contributed by atoms with Crippen molar-refractivity contribution < 1.29 is 19.0 Å². The van der Waals surface area contributed by atoms with Crippen LogP contribution in [-0.2, 0) is 4.74 Å². The van der Waals surface area contributed by atoms with Crippen molar-refractivity contribution in [2.75, 3.05) is 34.0 Å². The minimum absolute atomic E-state index is 0.102. The van der Waals surface area contributed by atoms with Gasteiger partial charge in [0.15, 0.2) is 5.82 Å². The van der Waals surface area contributed by atoms with Crippen LogP contribution >= 0.6 is 0 Å². The SMILES string of the molecule is COc1cc(OC)nc(-c2cccc(C(=O)NCCC[C@@H]3CCOC3)c2)n1. The van der Waals surface area contributed by atoms with E-state index in [0.29, 0.717) is 35.6 Å². The fraction of sp³-hybridized carbons (Fsp3) is 0.450. The molecule has 3 rings (SSSR count). The highest BCUT2D eigenvalue weighted by Crippen LogP contribution is 2.23. The molecule has 144 valence electrons.